The lowest BCUT2D eigenvalue weighted by Crippen LogP contribution is -2.22. The highest BCUT2D eigenvalue weighted by Crippen LogP contribution is 1.91. The van der Waals surface area contributed by atoms with E-state index in [-0.39, 0.29) is 6.10 Å². The average Bonchev–Trinajstić information content (AvgIpc) is 1.59. The molecule has 0 unspecified atom stereocenters. The van der Waals surface area contributed by atoms with Crippen molar-refractivity contribution in [3.63, 3.8) is 0 Å². The van der Waals surface area contributed by atoms with Gasteiger partial charge in [0.2, 0.25) is 0 Å². The van der Waals surface area contributed by atoms with Crippen LogP contribution in [0.3, 0.4) is 0 Å². The maximum Gasteiger partial charge on any atom is 0.319 e. The van der Waals surface area contributed by atoms with Crippen molar-refractivity contribution in [3.05, 3.63) is 0 Å². The first-order chi connectivity index (χ1) is 3.92. The van der Waals surface area contributed by atoms with Crippen LogP contribution in [0.2, 0.25) is 0 Å². The second-order valence-electron chi connectivity index (χ2n) is 1.69. The molecule has 0 aliphatic heterocycles. The van der Waals surface area contributed by atoms with E-state index in [1.807, 2.05) is 0 Å². The van der Waals surface area contributed by atoms with E-state index >= 15 is 0 Å². The Kier molecular flexibility index (Phi) is 3.42. The van der Waals surface area contributed by atoms with E-state index in [0.29, 0.717) is 0 Å². The molecule has 0 bridgehead atoms. The van der Waals surface area contributed by atoms with Gasteiger partial charge >= 0.3 is 9.24 Å². The molecule has 0 aromatic carbocycles. The molecular weight excluding hydrogens is 166 g/mol. The number of hydrogen-bond donors (Lipinski definition) is 1. The van der Waals surface area contributed by atoms with Crippen molar-refractivity contribution in [2.45, 2.75) is 20.0 Å². The molecule has 0 saturated carbocycles. The van der Waals surface area contributed by atoms with Gasteiger partial charge in [0.1, 0.15) is 0 Å². The van der Waals surface area contributed by atoms with Crippen LogP contribution in [-0.4, -0.2) is 14.5 Å². The highest BCUT2D eigenvalue weighted by atomic mass is 35.7. The third kappa shape index (κ3) is 8.16. The second-order valence-corrected chi connectivity index (χ2v) is 3.95. The summed E-state index contributed by atoms with van der Waals surface area (Å²) in [5.41, 5.74) is 0. The van der Waals surface area contributed by atoms with Gasteiger partial charge in [-0.2, -0.15) is 8.42 Å². The first kappa shape index (κ1) is 9.16. The largest absolute Gasteiger partial charge is 0.319 e. The predicted octanol–water partition coefficient (Wildman–Crippen LogP) is 0.400. The van der Waals surface area contributed by atoms with E-state index in [0.717, 1.165) is 0 Å². The fourth-order valence-electron chi connectivity index (χ4n) is 0.154. The van der Waals surface area contributed by atoms with Crippen molar-refractivity contribution in [2.75, 3.05) is 0 Å². The zero-order chi connectivity index (χ0) is 7.49. The van der Waals surface area contributed by atoms with E-state index in [9.17, 15) is 8.42 Å². The SMILES string of the molecule is CC(C)ONS(=O)(=O)Cl. The topological polar surface area (TPSA) is 55.4 Å². The fourth-order valence-corrected chi connectivity index (χ4v) is 0.570. The fraction of sp³-hybridized carbons (Fsp3) is 1.00. The van der Waals surface area contributed by atoms with Crippen molar-refractivity contribution in [1.29, 1.82) is 0 Å². The summed E-state index contributed by atoms with van der Waals surface area (Å²) < 4.78 is 20.1. The summed E-state index contributed by atoms with van der Waals surface area (Å²) in [4.78, 5) is 6.10. The molecule has 4 nitrogen and oxygen atoms in total. The molecule has 0 aliphatic carbocycles. The summed E-state index contributed by atoms with van der Waals surface area (Å²) in [6.45, 7) is 3.35. The minimum Gasteiger partial charge on any atom is -0.283 e. The van der Waals surface area contributed by atoms with Crippen LogP contribution in [0, 0.1) is 0 Å². The van der Waals surface area contributed by atoms with Crippen molar-refractivity contribution in [2.24, 2.45) is 0 Å². The molecule has 1 N–H and O–H groups in total. The van der Waals surface area contributed by atoms with Gasteiger partial charge in [-0.3, -0.25) is 4.84 Å². The smallest absolute Gasteiger partial charge is 0.283 e. The van der Waals surface area contributed by atoms with Crippen LogP contribution in [0.1, 0.15) is 13.8 Å². The third-order valence-electron chi connectivity index (χ3n) is 0.383. The number of halogens is 1. The van der Waals surface area contributed by atoms with E-state index in [1.165, 1.54) is 0 Å². The second kappa shape index (κ2) is 3.36. The van der Waals surface area contributed by atoms with Crippen molar-refractivity contribution in [3.8, 4) is 0 Å². The van der Waals surface area contributed by atoms with Gasteiger partial charge in [-0.05, 0) is 13.8 Å². The highest BCUT2D eigenvalue weighted by Gasteiger charge is 2.03. The molecule has 0 amide bonds. The normalized spacial score (nSPS) is 12.4. The van der Waals surface area contributed by atoms with Gasteiger partial charge in [0, 0.05) is 10.7 Å². The Labute approximate surface area is 58.7 Å². The average molecular weight is 174 g/mol. The van der Waals surface area contributed by atoms with Gasteiger partial charge in [-0.1, -0.05) is 4.89 Å². The zero-order valence-electron chi connectivity index (χ0n) is 5.09. The van der Waals surface area contributed by atoms with Crippen molar-refractivity contribution in [1.82, 2.24) is 4.89 Å². The van der Waals surface area contributed by atoms with E-state index in [2.05, 4.69) is 4.84 Å². The first-order valence-corrected chi connectivity index (χ1v) is 4.60. The zero-order valence-corrected chi connectivity index (χ0v) is 6.66. The Morgan fingerprint density at radius 1 is 1.56 bits per heavy atom. The highest BCUT2D eigenvalue weighted by molar-refractivity contribution is 8.12. The minimum atomic E-state index is -3.72. The van der Waals surface area contributed by atoms with E-state index in [4.69, 9.17) is 10.7 Å². The van der Waals surface area contributed by atoms with Crippen LogP contribution in [0.5, 0.6) is 0 Å². The standard InChI is InChI=1S/C3H8ClNO3S/c1-3(2)8-5-9(4,6)7/h3,5H,1-2H3. The Morgan fingerprint density at radius 3 is 2.11 bits per heavy atom. The molecule has 0 atom stereocenters. The number of nitrogens with one attached hydrogen (secondary N) is 1. The van der Waals surface area contributed by atoms with Gasteiger partial charge in [-0.25, -0.2) is 0 Å². The third-order valence-corrected chi connectivity index (χ3v) is 0.868. The molecule has 6 heteroatoms. The summed E-state index contributed by atoms with van der Waals surface area (Å²) in [7, 11) is 0.994. The molecule has 9 heavy (non-hydrogen) atoms. The molecule has 0 spiro atoms. The first-order valence-electron chi connectivity index (χ1n) is 2.29. The molecule has 0 aromatic heterocycles. The van der Waals surface area contributed by atoms with Crippen LogP contribution in [0.25, 0.3) is 0 Å². The van der Waals surface area contributed by atoms with Gasteiger partial charge in [0.15, 0.2) is 0 Å². The van der Waals surface area contributed by atoms with E-state index < -0.39 is 9.24 Å². The molecule has 0 radical (unpaired) electrons. The predicted molar refractivity (Wildman–Crippen MR) is 34.1 cm³/mol. The molecule has 0 saturated heterocycles. The molecule has 0 rings (SSSR count). The Balaban J connectivity index is 3.53. The van der Waals surface area contributed by atoms with E-state index in [1.54, 1.807) is 18.7 Å². The minimum absolute atomic E-state index is 0.210. The quantitative estimate of drug-likeness (QED) is 0.497. The van der Waals surface area contributed by atoms with Crippen LogP contribution < -0.4 is 4.89 Å². The summed E-state index contributed by atoms with van der Waals surface area (Å²) in [5.74, 6) is 0. The molecule has 0 fully saturated rings. The number of hydrogen-bond acceptors (Lipinski definition) is 3. The molecule has 0 heterocycles. The summed E-state index contributed by atoms with van der Waals surface area (Å²) in [6, 6.07) is 0. The lowest BCUT2D eigenvalue weighted by atomic mass is 10.5. The van der Waals surface area contributed by atoms with Gasteiger partial charge < -0.3 is 0 Å². The molecule has 0 aliphatic rings. The lowest BCUT2D eigenvalue weighted by molar-refractivity contribution is 0.0423. The maximum absolute atomic E-state index is 10.1. The van der Waals surface area contributed by atoms with Crippen LogP contribution >= 0.6 is 10.7 Å². The summed E-state index contributed by atoms with van der Waals surface area (Å²) in [5, 5.41) is 0. The van der Waals surface area contributed by atoms with Gasteiger partial charge in [0.05, 0.1) is 6.10 Å². The van der Waals surface area contributed by atoms with Crippen LogP contribution in [0.4, 0.5) is 0 Å². The number of rotatable bonds is 3. The maximum atomic E-state index is 10.1. The molecular formula is C3H8ClNO3S. The summed E-state index contributed by atoms with van der Waals surface area (Å²) in [6.07, 6.45) is -0.210. The Morgan fingerprint density at radius 2 is 2.00 bits per heavy atom. The van der Waals surface area contributed by atoms with Crippen molar-refractivity contribution < 1.29 is 13.3 Å². The van der Waals surface area contributed by atoms with Gasteiger partial charge in [0.25, 0.3) is 0 Å². The molecule has 0 aromatic rings. The Hall–Kier alpha value is 0.160. The van der Waals surface area contributed by atoms with Gasteiger partial charge in [-0.15, -0.1) is 0 Å². The summed E-state index contributed by atoms with van der Waals surface area (Å²) >= 11 is 0. The van der Waals surface area contributed by atoms with Crippen LogP contribution in [-0.2, 0) is 14.1 Å². The van der Waals surface area contributed by atoms with Crippen molar-refractivity contribution >= 4 is 19.9 Å². The lowest BCUT2D eigenvalue weighted by Gasteiger charge is -2.03. The Bertz CT molecular complexity index is 164. The monoisotopic (exact) mass is 173 g/mol. The molecule has 56 valence electrons. The van der Waals surface area contributed by atoms with Crippen LogP contribution in [0.15, 0.2) is 0 Å².